The Hall–Kier alpha value is -1.36. The first kappa shape index (κ1) is 17.0. The first-order valence-electron chi connectivity index (χ1n) is 7.50. The normalized spacial score (nSPS) is 16.0. The van der Waals surface area contributed by atoms with E-state index in [0.29, 0.717) is 6.54 Å². The van der Waals surface area contributed by atoms with Crippen LogP contribution in [0.15, 0.2) is 28.7 Å². The Kier molecular flexibility index (Phi) is 4.66. The van der Waals surface area contributed by atoms with Gasteiger partial charge in [0, 0.05) is 23.5 Å². The van der Waals surface area contributed by atoms with Crippen LogP contribution in [0.4, 0.5) is 0 Å². The van der Waals surface area contributed by atoms with Crippen LogP contribution in [0, 0.1) is 0 Å². The quantitative estimate of drug-likeness (QED) is 0.888. The van der Waals surface area contributed by atoms with E-state index in [9.17, 15) is 9.59 Å². The number of carbonyl (C=O) groups is 2. The fourth-order valence-corrected chi connectivity index (χ4v) is 2.97. The fraction of sp³-hybridized carbons (Fsp3) is 0.529. The lowest BCUT2D eigenvalue weighted by atomic mass is 10.1. The number of nitrogens with one attached hydrogen (secondary N) is 1. The van der Waals surface area contributed by atoms with Crippen molar-refractivity contribution in [1.82, 2.24) is 10.2 Å². The number of benzene rings is 1. The highest BCUT2D eigenvalue weighted by molar-refractivity contribution is 9.10. The first-order chi connectivity index (χ1) is 10.2. The topological polar surface area (TPSA) is 49.4 Å². The predicted octanol–water partition coefficient (Wildman–Crippen LogP) is 3.24. The molecule has 0 radical (unpaired) electrons. The molecule has 0 unspecified atom stereocenters. The van der Waals surface area contributed by atoms with Gasteiger partial charge < -0.3 is 10.2 Å². The Morgan fingerprint density at radius 3 is 2.32 bits per heavy atom. The van der Waals surface area contributed by atoms with E-state index < -0.39 is 5.54 Å². The fourth-order valence-electron chi connectivity index (χ4n) is 2.56. The maximum Gasteiger partial charge on any atom is 0.246 e. The zero-order chi connectivity index (χ0) is 16.5. The standard InChI is InChI=1S/C17H23BrN2O2/c1-12(21)20(11-13-7-5-6-8-14(13)18)17(9-10-17)15(22)19-16(2,3)4/h5-8H,9-11H2,1-4H3,(H,19,22). The molecule has 1 fully saturated rings. The average Bonchev–Trinajstić information content (AvgIpc) is 3.16. The zero-order valence-electron chi connectivity index (χ0n) is 13.6. The van der Waals surface area contributed by atoms with E-state index in [1.165, 1.54) is 6.92 Å². The number of rotatable bonds is 4. The molecule has 0 heterocycles. The van der Waals surface area contributed by atoms with Gasteiger partial charge in [-0.05, 0) is 45.2 Å². The summed E-state index contributed by atoms with van der Waals surface area (Å²) in [4.78, 5) is 26.5. The number of carbonyl (C=O) groups excluding carboxylic acids is 2. The minimum absolute atomic E-state index is 0.0535. The van der Waals surface area contributed by atoms with Crippen LogP contribution in [-0.2, 0) is 16.1 Å². The van der Waals surface area contributed by atoms with Crippen molar-refractivity contribution in [2.75, 3.05) is 0 Å². The average molecular weight is 367 g/mol. The van der Waals surface area contributed by atoms with Crippen LogP contribution in [0.5, 0.6) is 0 Å². The van der Waals surface area contributed by atoms with Crippen molar-refractivity contribution >= 4 is 27.7 Å². The van der Waals surface area contributed by atoms with Crippen molar-refractivity contribution in [3.8, 4) is 0 Å². The second-order valence-electron chi connectivity index (χ2n) is 6.93. The molecule has 5 heteroatoms. The summed E-state index contributed by atoms with van der Waals surface area (Å²) in [5.74, 6) is -0.125. The summed E-state index contributed by atoms with van der Waals surface area (Å²) in [7, 11) is 0. The highest BCUT2D eigenvalue weighted by Gasteiger charge is 2.56. The molecule has 0 saturated heterocycles. The van der Waals surface area contributed by atoms with Crippen molar-refractivity contribution in [2.24, 2.45) is 0 Å². The molecule has 0 atom stereocenters. The van der Waals surface area contributed by atoms with Gasteiger partial charge >= 0.3 is 0 Å². The van der Waals surface area contributed by atoms with Gasteiger partial charge in [0.15, 0.2) is 0 Å². The highest BCUT2D eigenvalue weighted by Crippen LogP contribution is 2.43. The molecule has 1 aliphatic carbocycles. The maximum absolute atomic E-state index is 12.6. The molecular formula is C17H23BrN2O2. The molecule has 0 spiro atoms. The summed E-state index contributed by atoms with van der Waals surface area (Å²) in [6.07, 6.45) is 1.44. The van der Waals surface area contributed by atoms with Gasteiger partial charge in [0.25, 0.3) is 0 Å². The summed E-state index contributed by atoms with van der Waals surface area (Å²) < 4.78 is 0.952. The van der Waals surface area contributed by atoms with Crippen LogP contribution in [0.1, 0.15) is 46.1 Å². The van der Waals surface area contributed by atoms with Crippen molar-refractivity contribution < 1.29 is 9.59 Å². The van der Waals surface area contributed by atoms with Crippen molar-refractivity contribution in [3.63, 3.8) is 0 Å². The minimum Gasteiger partial charge on any atom is -0.349 e. The van der Waals surface area contributed by atoms with Crippen LogP contribution in [-0.4, -0.2) is 27.8 Å². The molecule has 1 aromatic rings. The second kappa shape index (κ2) is 6.03. The number of nitrogens with zero attached hydrogens (tertiary/aromatic N) is 1. The number of halogens is 1. The third-order valence-electron chi connectivity index (χ3n) is 3.82. The Balaban J connectivity index is 2.23. The van der Waals surface area contributed by atoms with Gasteiger partial charge in [0.1, 0.15) is 5.54 Å². The third-order valence-corrected chi connectivity index (χ3v) is 4.59. The first-order valence-corrected chi connectivity index (χ1v) is 8.29. The molecular weight excluding hydrogens is 344 g/mol. The van der Waals surface area contributed by atoms with E-state index in [1.807, 2.05) is 45.0 Å². The summed E-state index contributed by atoms with van der Waals surface area (Å²) in [6, 6.07) is 7.79. The van der Waals surface area contributed by atoms with E-state index in [1.54, 1.807) is 4.90 Å². The van der Waals surface area contributed by atoms with Crippen molar-refractivity contribution in [2.45, 2.75) is 58.2 Å². The second-order valence-corrected chi connectivity index (χ2v) is 7.79. The third kappa shape index (κ3) is 3.69. The summed E-state index contributed by atoms with van der Waals surface area (Å²) in [5, 5.41) is 3.01. The Morgan fingerprint density at radius 1 is 1.27 bits per heavy atom. The largest absolute Gasteiger partial charge is 0.349 e. The Labute approximate surface area is 140 Å². The van der Waals surface area contributed by atoms with Gasteiger partial charge in [-0.2, -0.15) is 0 Å². The molecule has 1 N–H and O–H groups in total. The minimum atomic E-state index is -0.686. The summed E-state index contributed by atoms with van der Waals surface area (Å²) in [5.41, 5.74) is 0.0177. The van der Waals surface area contributed by atoms with Crippen LogP contribution < -0.4 is 5.32 Å². The molecule has 0 aromatic heterocycles. The lowest BCUT2D eigenvalue weighted by Gasteiger charge is -2.33. The van der Waals surface area contributed by atoms with Crippen molar-refractivity contribution in [1.29, 1.82) is 0 Å². The molecule has 4 nitrogen and oxygen atoms in total. The molecule has 2 rings (SSSR count). The number of hydrogen-bond donors (Lipinski definition) is 1. The Bertz CT molecular complexity index is 589. The van der Waals surface area contributed by atoms with Gasteiger partial charge in [0.05, 0.1) is 0 Å². The van der Waals surface area contributed by atoms with Crippen molar-refractivity contribution in [3.05, 3.63) is 34.3 Å². The molecule has 1 aromatic carbocycles. The maximum atomic E-state index is 12.6. The van der Waals surface area contributed by atoms with Crippen LogP contribution in [0.25, 0.3) is 0 Å². The highest BCUT2D eigenvalue weighted by atomic mass is 79.9. The van der Waals surface area contributed by atoms with E-state index in [2.05, 4.69) is 21.2 Å². The molecule has 1 saturated carbocycles. The van der Waals surface area contributed by atoms with Gasteiger partial charge in [-0.1, -0.05) is 34.1 Å². The van der Waals surface area contributed by atoms with Crippen LogP contribution in [0.3, 0.4) is 0 Å². The van der Waals surface area contributed by atoms with E-state index in [4.69, 9.17) is 0 Å². The van der Waals surface area contributed by atoms with Gasteiger partial charge in [-0.3, -0.25) is 9.59 Å². The number of hydrogen-bond acceptors (Lipinski definition) is 2. The smallest absolute Gasteiger partial charge is 0.246 e. The van der Waals surface area contributed by atoms with E-state index in [-0.39, 0.29) is 17.4 Å². The lowest BCUT2D eigenvalue weighted by Crippen LogP contribution is -2.55. The molecule has 2 amide bonds. The van der Waals surface area contributed by atoms with Gasteiger partial charge in [-0.15, -0.1) is 0 Å². The van der Waals surface area contributed by atoms with Crippen LogP contribution >= 0.6 is 15.9 Å². The van der Waals surface area contributed by atoms with E-state index in [0.717, 1.165) is 22.9 Å². The summed E-state index contributed by atoms with van der Waals surface area (Å²) in [6.45, 7) is 7.82. The van der Waals surface area contributed by atoms with Crippen LogP contribution in [0.2, 0.25) is 0 Å². The molecule has 0 aliphatic heterocycles. The lowest BCUT2D eigenvalue weighted by molar-refractivity contribution is -0.142. The monoisotopic (exact) mass is 366 g/mol. The van der Waals surface area contributed by atoms with Gasteiger partial charge in [-0.25, -0.2) is 0 Å². The zero-order valence-corrected chi connectivity index (χ0v) is 15.2. The molecule has 0 bridgehead atoms. The summed E-state index contributed by atoms with van der Waals surface area (Å²) >= 11 is 3.51. The SMILES string of the molecule is CC(=O)N(Cc1ccccc1Br)C1(C(=O)NC(C)(C)C)CC1. The van der Waals surface area contributed by atoms with Gasteiger partial charge in [0.2, 0.25) is 11.8 Å². The molecule has 22 heavy (non-hydrogen) atoms. The molecule has 120 valence electrons. The molecule has 1 aliphatic rings. The van der Waals surface area contributed by atoms with E-state index >= 15 is 0 Å². The predicted molar refractivity (Wildman–Crippen MR) is 90.2 cm³/mol. The Morgan fingerprint density at radius 2 is 1.86 bits per heavy atom. The number of amides is 2.